The second kappa shape index (κ2) is 4.98. The molecule has 0 aromatic rings. The monoisotopic (exact) mass is 372 g/mol. The van der Waals surface area contributed by atoms with E-state index in [1.807, 2.05) is 19.9 Å². The fourth-order valence-electron chi connectivity index (χ4n) is 5.27. The van der Waals surface area contributed by atoms with Gasteiger partial charge in [-0.05, 0) is 30.4 Å². The first-order chi connectivity index (χ1) is 11.6. The molecule has 0 radical (unpaired) electrons. The molecule has 4 rings (SSSR count). The second-order valence-corrected chi connectivity index (χ2v) is 8.74. The van der Waals surface area contributed by atoms with E-state index in [2.05, 4.69) is 6.92 Å². The number of aliphatic hydroxyl groups excluding tert-OH is 1. The van der Waals surface area contributed by atoms with Crippen LogP contribution in [0.1, 0.15) is 34.1 Å². The quantitative estimate of drug-likeness (QED) is 0.344. The van der Waals surface area contributed by atoms with Crippen LogP contribution in [-0.2, 0) is 23.7 Å². The van der Waals surface area contributed by atoms with Crippen molar-refractivity contribution in [1.82, 2.24) is 0 Å². The minimum absolute atomic E-state index is 0.133. The molecule has 2 aliphatic heterocycles. The number of carbonyl (C=O) groups excluding carboxylic acids is 1. The van der Waals surface area contributed by atoms with E-state index in [9.17, 15) is 9.90 Å². The summed E-state index contributed by atoms with van der Waals surface area (Å²) in [5.74, 6) is -1.55. The van der Waals surface area contributed by atoms with Gasteiger partial charge in [0.15, 0.2) is 5.60 Å². The third-order valence-electron chi connectivity index (χ3n) is 6.99. The van der Waals surface area contributed by atoms with Crippen molar-refractivity contribution in [2.45, 2.75) is 68.7 Å². The van der Waals surface area contributed by atoms with Crippen LogP contribution in [0.2, 0.25) is 0 Å². The number of ether oxygens (including phenoxy) is 4. The molecule has 2 saturated heterocycles. The van der Waals surface area contributed by atoms with Crippen LogP contribution < -0.4 is 0 Å². The smallest absolute Gasteiger partial charge is 0.303 e. The van der Waals surface area contributed by atoms with Gasteiger partial charge in [-0.25, -0.2) is 0 Å². The lowest BCUT2D eigenvalue weighted by Gasteiger charge is -2.55. The molecule has 25 heavy (non-hydrogen) atoms. The SMILES string of the molecule is CO[C@@]12C=C3[C@@H](Cl)[C@H](O)[C@H](OC(C)=O)[C@H](C)[C@@]3(C)C[C@]13O[C@]3(C)CO2. The van der Waals surface area contributed by atoms with Crippen LogP contribution in [0.3, 0.4) is 0 Å². The first-order valence-electron chi connectivity index (χ1n) is 8.68. The van der Waals surface area contributed by atoms with Crippen molar-refractivity contribution in [1.29, 1.82) is 0 Å². The Labute approximate surface area is 152 Å². The van der Waals surface area contributed by atoms with Crippen LogP contribution in [0.5, 0.6) is 0 Å². The summed E-state index contributed by atoms with van der Waals surface area (Å²) in [5, 5.41) is 9.98. The lowest BCUT2D eigenvalue weighted by molar-refractivity contribution is -0.233. The number of hydrogen-bond acceptors (Lipinski definition) is 6. The largest absolute Gasteiger partial charge is 0.459 e. The van der Waals surface area contributed by atoms with Gasteiger partial charge in [0, 0.05) is 20.0 Å². The predicted octanol–water partition coefficient (Wildman–Crippen LogP) is 1.77. The fourth-order valence-corrected chi connectivity index (χ4v) is 5.73. The molecule has 0 unspecified atom stereocenters. The molecule has 140 valence electrons. The van der Waals surface area contributed by atoms with Gasteiger partial charge in [-0.15, -0.1) is 11.6 Å². The van der Waals surface area contributed by atoms with Crippen LogP contribution in [0.4, 0.5) is 0 Å². The van der Waals surface area contributed by atoms with Crippen molar-refractivity contribution in [3.05, 3.63) is 11.6 Å². The Morgan fingerprint density at radius 2 is 2.12 bits per heavy atom. The molecular formula is C18H25ClO6. The summed E-state index contributed by atoms with van der Waals surface area (Å²) in [6.45, 7) is 7.89. The Morgan fingerprint density at radius 3 is 2.68 bits per heavy atom. The van der Waals surface area contributed by atoms with Crippen LogP contribution >= 0.6 is 11.6 Å². The van der Waals surface area contributed by atoms with E-state index in [1.54, 1.807) is 7.11 Å². The van der Waals surface area contributed by atoms with Gasteiger partial charge in [-0.2, -0.15) is 0 Å². The summed E-state index contributed by atoms with van der Waals surface area (Å²) >= 11 is 6.62. The molecule has 1 N–H and O–H groups in total. The number of methoxy groups -OCH3 is 1. The van der Waals surface area contributed by atoms with Crippen molar-refractivity contribution in [3.8, 4) is 0 Å². The summed E-state index contributed by atoms with van der Waals surface area (Å²) < 4.78 is 23.4. The molecule has 0 amide bonds. The zero-order chi connectivity index (χ0) is 18.4. The number of epoxide rings is 1. The van der Waals surface area contributed by atoms with Gasteiger partial charge in [0.25, 0.3) is 0 Å². The van der Waals surface area contributed by atoms with Gasteiger partial charge in [0.2, 0.25) is 5.79 Å². The molecule has 2 heterocycles. The molecule has 1 saturated carbocycles. The van der Waals surface area contributed by atoms with E-state index in [0.29, 0.717) is 13.0 Å². The van der Waals surface area contributed by atoms with Gasteiger partial charge in [-0.3, -0.25) is 4.79 Å². The zero-order valence-corrected chi connectivity index (χ0v) is 15.9. The Balaban J connectivity index is 1.82. The molecule has 3 fully saturated rings. The van der Waals surface area contributed by atoms with Crippen LogP contribution in [0.15, 0.2) is 11.6 Å². The van der Waals surface area contributed by atoms with E-state index in [1.165, 1.54) is 6.92 Å². The van der Waals surface area contributed by atoms with Gasteiger partial charge in [0.05, 0.1) is 12.0 Å². The average molecular weight is 373 g/mol. The van der Waals surface area contributed by atoms with Gasteiger partial charge >= 0.3 is 5.97 Å². The van der Waals surface area contributed by atoms with Crippen molar-refractivity contribution in [2.75, 3.05) is 13.7 Å². The third-order valence-corrected chi connectivity index (χ3v) is 7.49. The van der Waals surface area contributed by atoms with Gasteiger partial charge in [-0.1, -0.05) is 13.8 Å². The van der Waals surface area contributed by atoms with Crippen molar-refractivity contribution in [3.63, 3.8) is 0 Å². The summed E-state index contributed by atoms with van der Waals surface area (Å²) in [6.07, 6.45) is 0.873. The number of alkyl halides is 1. The van der Waals surface area contributed by atoms with E-state index in [0.717, 1.165) is 5.57 Å². The molecule has 0 bridgehead atoms. The molecule has 8 atom stereocenters. The average Bonchev–Trinajstić information content (AvgIpc) is 3.06. The minimum Gasteiger partial charge on any atom is -0.459 e. The first-order valence-corrected chi connectivity index (χ1v) is 9.11. The number of halogens is 1. The highest BCUT2D eigenvalue weighted by atomic mass is 35.5. The van der Waals surface area contributed by atoms with E-state index in [-0.39, 0.29) is 5.92 Å². The Hall–Kier alpha value is -0.660. The summed E-state index contributed by atoms with van der Waals surface area (Å²) in [4.78, 5) is 11.5. The van der Waals surface area contributed by atoms with Crippen molar-refractivity contribution < 1.29 is 28.8 Å². The number of hydrogen-bond donors (Lipinski definition) is 1. The number of aliphatic hydroxyl groups is 1. The lowest BCUT2D eigenvalue weighted by atomic mass is 9.54. The zero-order valence-electron chi connectivity index (χ0n) is 15.2. The molecular weight excluding hydrogens is 348 g/mol. The van der Waals surface area contributed by atoms with Crippen LogP contribution in [-0.4, -0.2) is 59.4 Å². The van der Waals surface area contributed by atoms with Crippen molar-refractivity contribution in [2.24, 2.45) is 11.3 Å². The van der Waals surface area contributed by atoms with Gasteiger partial charge in [0.1, 0.15) is 17.8 Å². The summed E-state index contributed by atoms with van der Waals surface area (Å²) in [5.41, 5.74) is -0.521. The molecule has 4 aliphatic rings. The maximum atomic E-state index is 11.5. The van der Waals surface area contributed by atoms with Gasteiger partial charge < -0.3 is 24.1 Å². The predicted molar refractivity (Wildman–Crippen MR) is 89.1 cm³/mol. The van der Waals surface area contributed by atoms with Crippen LogP contribution in [0, 0.1) is 11.3 Å². The Kier molecular flexibility index (Phi) is 3.54. The fraction of sp³-hybridized carbons (Fsp3) is 0.833. The number of rotatable bonds is 2. The molecule has 0 aromatic heterocycles. The van der Waals surface area contributed by atoms with Crippen LogP contribution in [0.25, 0.3) is 0 Å². The maximum absolute atomic E-state index is 11.5. The van der Waals surface area contributed by atoms with E-state index >= 15 is 0 Å². The topological polar surface area (TPSA) is 77.5 Å². The highest BCUT2D eigenvalue weighted by Gasteiger charge is 2.85. The van der Waals surface area contributed by atoms with E-state index in [4.69, 9.17) is 30.5 Å². The molecule has 2 aliphatic carbocycles. The minimum atomic E-state index is -0.990. The Bertz CT molecular complexity index is 666. The molecule has 6 nitrogen and oxygen atoms in total. The molecule has 0 aromatic carbocycles. The third kappa shape index (κ3) is 1.92. The molecule has 7 heteroatoms. The standard InChI is InChI=1S/C18H25ClO6/c1-9-14(24-10(2)20)13(21)12(19)11-6-18(22-5)17(7-15(9,11)3)16(4,25-17)8-23-18/h6,9,12-14,21H,7-8H2,1-5H3/t9-,12+,13-,14+,15+,16+,17+,18+/m0/s1. The Morgan fingerprint density at radius 1 is 1.44 bits per heavy atom. The lowest BCUT2D eigenvalue weighted by Crippen LogP contribution is -2.62. The summed E-state index contributed by atoms with van der Waals surface area (Å²) in [7, 11) is 1.60. The summed E-state index contributed by atoms with van der Waals surface area (Å²) in [6, 6.07) is 0. The normalized spacial score (nSPS) is 56.4. The number of esters is 1. The van der Waals surface area contributed by atoms with E-state index < -0.39 is 46.0 Å². The second-order valence-electron chi connectivity index (χ2n) is 8.27. The highest BCUT2D eigenvalue weighted by molar-refractivity contribution is 6.23. The maximum Gasteiger partial charge on any atom is 0.303 e. The highest BCUT2D eigenvalue weighted by Crippen LogP contribution is 2.71. The van der Waals surface area contributed by atoms with Crippen molar-refractivity contribution >= 4 is 17.6 Å². The first kappa shape index (κ1) is 17.7. The number of fused-ring (bicyclic) bond motifs is 1. The molecule has 1 spiro atoms. The number of carbonyl (C=O) groups is 1.